The molecule has 28 heavy (non-hydrogen) atoms. The lowest BCUT2D eigenvalue weighted by Gasteiger charge is -2.69. The van der Waals surface area contributed by atoms with E-state index in [1.807, 2.05) is 0 Å². The summed E-state index contributed by atoms with van der Waals surface area (Å²) in [7, 11) is 0. The average Bonchev–Trinajstić information content (AvgIpc) is 3.11. The lowest BCUT2D eigenvalue weighted by Crippen LogP contribution is -2.78. The lowest BCUT2D eigenvalue weighted by molar-refractivity contribution is -0.184. The molecule has 0 spiro atoms. The molecular weight excluding hydrogens is 387 g/mol. The van der Waals surface area contributed by atoms with E-state index in [0.717, 1.165) is 19.6 Å². The molecule has 1 heterocycles. The van der Waals surface area contributed by atoms with Crippen LogP contribution in [-0.4, -0.2) is 67.4 Å². The van der Waals surface area contributed by atoms with E-state index in [9.17, 15) is 14.0 Å². The first-order chi connectivity index (χ1) is 13.4. The van der Waals surface area contributed by atoms with Crippen LogP contribution in [-0.2, 0) is 14.3 Å². The van der Waals surface area contributed by atoms with Crippen LogP contribution in [0, 0.1) is 5.41 Å². The highest BCUT2D eigenvalue weighted by Gasteiger charge is 2.72. The predicted molar refractivity (Wildman–Crippen MR) is 103 cm³/mol. The standard InChI is InChI=1S/C19H30ClFN4O3/c20-14-2-1-13(5-15(14)21)28-7-16(26)25-19-8-18(9-19,10-19)17(27)23-4-3-12-6-22-11-24-12/h12-15,22,24H,1-11H2,(H,23,27)(H,25,26). The summed E-state index contributed by atoms with van der Waals surface area (Å²) in [6, 6.07) is 0.422. The number of carbonyl (C=O) groups is 2. The number of amides is 2. The van der Waals surface area contributed by atoms with Gasteiger partial charge in [-0.05, 0) is 38.5 Å². The average molecular weight is 417 g/mol. The Morgan fingerprint density at radius 3 is 2.71 bits per heavy atom. The molecule has 4 saturated carbocycles. The van der Waals surface area contributed by atoms with Gasteiger partial charge < -0.3 is 26.0 Å². The van der Waals surface area contributed by atoms with Gasteiger partial charge in [-0.1, -0.05) is 0 Å². The van der Waals surface area contributed by atoms with E-state index >= 15 is 0 Å². The van der Waals surface area contributed by atoms with Crippen molar-refractivity contribution in [2.75, 3.05) is 26.4 Å². The van der Waals surface area contributed by atoms with Gasteiger partial charge >= 0.3 is 0 Å². The molecule has 0 radical (unpaired) electrons. The maximum Gasteiger partial charge on any atom is 0.246 e. The lowest BCUT2D eigenvalue weighted by atomic mass is 9.39. The Morgan fingerprint density at radius 2 is 2.04 bits per heavy atom. The molecule has 158 valence electrons. The number of hydrogen-bond acceptors (Lipinski definition) is 5. The maximum atomic E-state index is 13.6. The third kappa shape index (κ3) is 4.15. The van der Waals surface area contributed by atoms with Gasteiger partial charge in [0.2, 0.25) is 11.8 Å². The molecule has 5 rings (SSSR count). The van der Waals surface area contributed by atoms with Crippen molar-refractivity contribution in [3.63, 3.8) is 0 Å². The minimum Gasteiger partial charge on any atom is -0.368 e. The minimum atomic E-state index is -1.07. The van der Waals surface area contributed by atoms with Crippen LogP contribution in [0.1, 0.15) is 44.9 Å². The zero-order valence-electron chi connectivity index (χ0n) is 16.1. The van der Waals surface area contributed by atoms with Gasteiger partial charge in [-0.2, -0.15) is 0 Å². The highest BCUT2D eigenvalue weighted by atomic mass is 35.5. The van der Waals surface area contributed by atoms with Gasteiger partial charge in [0.05, 0.1) is 16.9 Å². The molecule has 2 bridgehead atoms. The SMILES string of the molecule is O=C(COC1CCC(Cl)C(F)C1)NC12CC(C(=O)NCCC3CNCN3)(C1)C2. The molecule has 9 heteroatoms. The fourth-order valence-electron chi connectivity index (χ4n) is 5.17. The first-order valence-corrected chi connectivity index (χ1v) is 10.8. The van der Waals surface area contributed by atoms with E-state index in [0.29, 0.717) is 44.7 Å². The zero-order chi connectivity index (χ0) is 19.8. The van der Waals surface area contributed by atoms with Gasteiger partial charge in [0.15, 0.2) is 0 Å². The first kappa shape index (κ1) is 20.3. The molecule has 7 nitrogen and oxygen atoms in total. The van der Waals surface area contributed by atoms with Crippen LogP contribution in [0.2, 0.25) is 0 Å². The second-order valence-electron chi connectivity index (χ2n) is 8.99. The number of nitrogens with one attached hydrogen (secondary N) is 4. The van der Waals surface area contributed by atoms with Gasteiger partial charge in [0.25, 0.3) is 0 Å². The normalized spacial score (nSPS) is 41.6. The Balaban J connectivity index is 1.11. The van der Waals surface area contributed by atoms with Crippen molar-refractivity contribution in [3.8, 4) is 0 Å². The molecule has 0 aromatic carbocycles. The topological polar surface area (TPSA) is 91.5 Å². The Hall–Kier alpha value is -0.960. The molecule has 1 aliphatic heterocycles. The molecule has 0 aromatic rings. The Labute approximate surface area is 169 Å². The summed E-state index contributed by atoms with van der Waals surface area (Å²) in [5.41, 5.74) is -0.541. The Bertz CT molecular complexity index is 596. The smallest absolute Gasteiger partial charge is 0.246 e. The maximum absolute atomic E-state index is 13.6. The van der Waals surface area contributed by atoms with Gasteiger partial charge in [-0.15, -0.1) is 11.6 Å². The van der Waals surface area contributed by atoms with Crippen LogP contribution in [0.25, 0.3) is 0 Å². The van der Waals surface area contributed by atoms with Crippen LogP contribution in [0.3, 0.4) is 0 Å². The summed E-state index contributed by atoms with van der Waals surface area (Å²) in [6.45, 7) is 2.38. The zero-order valence-corrected chi connectivity index (χ0v) is 16.8. The molecule has 4 unspecified atom stereocenters. The monoisotopic (exact) mass is 416 g/mol. The molecule has 2 amide bonds. The van der Waals surface area contributed by atoms with Crippen molar-refractivity contribution in [1.29, 1.82) is 0 Å². The Kier molecular flexibility index (Phi) is 5.84. The number of hydrogen-bond donors (Lipinski definition) is 4. The summed E-state index contributed by atoms with van der Waals surface area (Å²) in [5.74, 6) is -0.0745. The number of ether oxygens (including phenoxy) is 1. The van der Waals surface area contributed by atoms with Crippen LogP contribution < -0.4 is 21.3 Å². The molecular formula is C19H30ClFN4O3. The van der Waals surface area contributed by atoms with Crippen LogP contribution in [0.4, 0.5) is 4.39 Å². The second kappa shape index (κ2) is 8.05. The van der Waals surface area contributed by atoms with E-state index in [-0.39, 0.29) is 41.9 Å². The van der Waals surface area contributed by atoms with Crippen LogP contribution in [0.15, 0.2) is 0 Å². The van der Waals surface area contributed by atoms with Crippen molar-refractivity contribution in [2.45, 2.75) is 74.2 Å². The predicted octanol–water partition coefficient (Wildman–Crippen LogP) is 0.565. The van der Waals surface area contributed by atoms with E-state index in [2.05, 4.69) is 21.3 Å². The van der Waals surface area contributed by atoms with Gasteiger partial charge in [0, 0.05) is 37.8 Å². The highest BCUT2D eigenvalue weighted by molar-refractivity contribution is 6.21. The molecule has 4 atom stereocenters. The van der Waals surface area contributed by atoms with E-state index in [1.54, 1.807) is 0 Å². The number of alkyl halides is 2. The highest BCUT2D eigenvalue weighted by Crippen LogP contribution is 2.67. The van der Waals surface area contributed by atoms with E-state index < -0.39 is 11.5 Å². The van der Waals surface area contributed by atoms with Gasteiger partial charge in [-0.3, -0.25) is 9.59 Å². The van der Waals surface area contributed by atoms with Crippen molar-refractivity contribution in [2.24, 2.45) is 5.41 Å². The van der Waals surface area contributed by atoms with E-state index in [1.165, 1.54) is 0 Å². The summed E-state index contributed by atoms with van der Waals surface area (Å²) in [6.07, 6.45) is 3.21. The molecule has 4 N–H and O–H groups in total. The summed E-state index contributed by atoms with van der Waals surface area (Å²) in [5, 5.41) is 12.2. The summed E-state index contributed by atoms with van der Waals surface area (Å²) >= 11 is 5.87. The van der Waals surface area contributed by atoms with Crippen LogP contribution in [0.5, 0.6) is 0 Å². The largest absolute Gasteiger partial charge is 0.368 e. The van der Waals surface area contributed by atoms with E-state index in [4.69, 9.17) is 16.3 Å². The molecule has 1 saturated heterocycles. The van der Waals surface area contributed by atoms with Crippen molar-refractivity contribution in [1.82, 2.24) is 21.3 Å². The fourth-order valence-corrected chi connectivity index (χ4v) is 5.40. The number of carbonyl (C=O) groups excluding carboxylic acids is 2. The third-order valence-electron chi connectivity index (χ3n) is 6.70. The third-order valence-corrected chi connectivity index (χ3v) is 7.19. The first-order valence-electron chi connectivity index (χ1n) is 10.3. The molecule has 5 aliphatic rings. The minimum absolute atomic E-state index is 0.0618. The summed E-state index contributed by atoms with van der Waals surface area (Å²) in [4.78, 5) is 24.6. The fraction of sp³-hybridized carbons (Fsp3) is 0.895. The molecule has 5 fully saturated rings. The van der Waals surface area contributed by atoms with Crippen LogP contribution >= 0.6 is 11.6 Å². The number of rotatable bonds is 8. The van der Waals surface area contributed by atoms with Crippen molar-refractivity contribution in [3.05, 3.63) is 0 Å². The molecule has 0 aromatic heterocycles. The van der Waals surface area contributed by atoms with Crippen molar-refractivity contribution < 1.29 is 18.7 Å². The summed E-state index contributed by atoms with van der Waals surface area (Å²) < 4.78 is 19.2. The second-order valence-corrected chi connectivity index (χ2v) is 9.55. The Morgan fingerprint density at radius 1 is 1.25 bits per heavy atom. The van der Waals surface area contributed by atoms with Gasteiger partial charge in [0.1, 0.15) is 12.8 Å². The molecule has 4 aliphatic carbocycles. The number of halogens is 2. The van der Waals surface area contributed by atoms with Crippen molar-refractivity contribution >= 4 is 23.4 Å². The van der Waals surface area contributed by atoms with Gasteiger partial charge in [-0.25, -0.2) is 4.39 Å². The quantitative estimate of drug-likeness (QED) is 0.434.